The minimum absolute atomic E-state index is 0.0891. The summed E-state index contributed by atoms with van der Waals surface area (Å²) in [5.41, 5.74) is 2.15. The number of anilines is 1. The van der Waals surface area contributed by atoms with Crippen molar-refractivity contribution in [1.29, 1.82) is 0 Å². The van der Waals surface area contributed by atoms with Crippen molar-refractivity contribution >= 4 is 27.5 Å². The largest absolute Gasteiger partial charge is 0.357 e. The van der Waals surface area contributed by atoms with Crippen molar-refractivity contribution in [3.05, 3.63) is 96.1 Å². The SMILES string of the molecule is CNC(=O)C(C)N(CCc1ccccc1)C(=O)CN(c1ccccc1C)S(=O)(=O)c1ccccc1. The molecular formula is C27H31N3O4S. The first-order valence-corrected chi connectivity index (χ1v) is 12.9. The summed E-state index contributed by atoms with van der Waals surface area (Å²) in [6, 6.07) is 23.9. The third kappa shape index (κ3) is 6.27. The number of hydrogen-bond donors (Lipinski definition) is 1. The number of benzene rings is 3. The van der Waals surface area contributed by atoms with Gasteiger partial charge >= 0.3 is 0 Å². The van der Waals surface area contributed by atoms with Crippen LogP contribution in [0, 0.1) is 6.92 Å². The summed E-state index contributed by atoms with van der Waals surface area (Å²) in [5.74, 6) is -0.778. The number of sulfonamides is 1. The Balaban J connectivity index is 1.97. The van der Waals surface area contributed by atoms with Gasteiger partial charge in [0.25, 0.3) is 10.0 Å². The maximum atomic E-state index is 13.7. The monoisotopic (exact) mass is 493 g/mol. The number of likely N-dealkylation sites (N-methyl/N-ethyl adjacent to an activating group) is 1. The fourth-order valence-electron chi connectivity index (χ4n) is 3.86. The normalized spacial score (nSPS) is 12.0. The van der Waals surface area contributed by atoms with Crippen molar-refractivity contribution in [3.63, 3.8) is 0 Å². The predicted molar refractivity (Wildman–Crippen MR) is 138 cm³/mol. The van der Waals surface area contributed by atoms with E-state index in [1.807, 2.05) is 36.4 Å². The van der Waals surface area contributed by atoms with Gasteiger partial charge in [-0.3, -0.25) is 13.9 Å². The van der Waals surface area contributed by atoms with E-state index in [0.717, 1.165) is 15.4 Å². The molecule has 0 spiro atoms. The standard InChI is InChI=1S/C27H31N3O4S/c1-21-12-10-11-17-25(21)30(35(33,34)24-15-8-5-9-16-24)20-26(31)29(22(2)27(32)28-3)19-18-23-13-6-4-7-14-23/h4-17,22H,18-20H2,1-3H3,(H,28,32). The molecule has 3 aromatic rings. The molecular weight excluding hydrogens is 462 g/mol. The quantitative estimate of drug-likeness (QED) is 0.469. The van der Waals surface area contributed by atoms with Gasteiger partial charge in [-0.1, -0.05) is 66.7 Å². The number of nitrogens with zero attached hydrogens (tertiary/aromatic N) is 2. The minimum Gasteiger partial charge on any atom is -0.357 e. The second kappa shape index (κ2) is 11.7. The summed E-state index contributed by atoms with van der Waals surface area (Å²) in [6.45, 7) is 3.28. The van der Waals surface area contributed by atoms with E-state index in [-0.39, 0.29) is 17.3 Å². The summed E-state index contributed by atoms with van der Waals surface area (Å²) in [7, 11) is -2.53. The Kier molecular flexibility index (Phi) is 8.65. The Labute approximate surface area is 207 Å². The average molecular weight is 494 g/mol. The Morgan fingerprint density at radius 1 is 0.886 bits per heavy atom. The van der Waals surface area contributed by atoms with E-state index in [4.69, 9.17) is 0 Å². The molecule has 0 aliphatic carbocycles. The molecule has 0 saturated heterocycles. The van der Waals surface area contributed by atoms with Gasteiger partial charge in [-0.15, -0.1) is 0 Å². The summed E-state index contributed by atoms with van der Waals surface area (Å²) < 4.78 is 28.4. The van der Waals surface area contributed by atoms with Crippen molar-refractivity contribution in [2.75, 3.05) is 24.4 Å². The van der Waals surface area contributed by atoms with Crippen LogP contribution in [0.5, 0.6) is 0 Å². The lowest BCUT2D eigenvalue weighted by Crippen LogP contribution is -2.51. The molecule has 0 aliphatic rings. The second-order valence-electron chi connectivity index (χ2n) is 8.22. The number of hydrogen-bond acceptors (Lipinski definition) is 4. The van der Waals surface area contributed by atoms with E-state index in [0.29, 0.717) is 12.1 Å². The predicted octanol–water partition coefficient (Wildman–Crippen LogP) is 3.40. The first-order valence-electron chi connectivity index (χ1n) is 11.4. The molecule has 8 heteroatoms. The van der Waals surface area contributed by atoms with Crippen LogP contribution in [-0.4, -0.2) is 51.3 Å². The van der Waals surface area contributed by atoms with Crippen molar-refractivity contribution in [2.45, 2.75) is 31.2 Å². The highest BCUT2D eigenvalue weighted by Crippen LogP contribution is 2.27. The van der Waals surface area contributed by atoms with Crippen molar-refractivity contribution in [2.24, 2.45) is 0 Å². The number of nitrogens with one attached hydrogen (secondary N) is 1. The van der Waals surface area contributed by atoms with Crippen molar-refractivity contribution < 1.29 is 18.0 Å². The number of rotatable bonds is 10. The van der Waals surface area contributed by atoms with E-state index in [1.54, 1.807) is 50.2 Å². The molecule has 0 radical (unpaired) electrons. The highest BCUT2D eigenvalue weighted by atomic mass is 32.2. The number of carbonyl (C=O) groups is 2. The van der Waals surface area contributed by atoms with Crippen LogP contribution in [0.3, 0.4) is 0 Å². The molecule has 0 fully saturated rings. The molecule has 7 nitrogen and oxygen atoms in total. The fourth-order valence-corrected chi connectivity index (χ4v) is 5.35. The van der Waals surface area contributed by atoms with Crippen LogP contribution >= 0.6 is 0 Å². The van der Waals surface area contributed by atoms with Crippen LogP contribution in [0.15, 0.2) is 89.8 Å². The van der Waals surface area contributed by atoms with Gasteiger partial charge in [0, 0.05) is 13.6 Å². The Morgan fingerprint density at radius 3 is 2.06 bits per heavy atom. The minimum atomic E-state index is -4.04. The molecule has 3 rings (SSSR count). The Morgan fingerprint density at radius 2 is 1.46 bits per heavy atom. The van der Waals surface area contributed by atoms with Gasteiger partial charge in [-0.25, -0.2) is 8.42 Å². The van der Waals surface area contributed by atoms with Crippen LogP contribution in [0.25, 0.3) is 0 Å². The third-order valence-electron chi connectivity index (χ3n) is 5.89. The van der Waals surface area contributed by atoms with E-state index < -0.39 is 28.5 Å². The van der Waals surface area contributed by atoms with Crippen molar-refractivity contribution in [3.8, 4) is 0 Å². The zero-order chi connectivity index (χ0) is 25.4. The summed E-state index contributed by atoms with van der Waals surface area (Å²) >= 11 is 0. The average Bonchev–Trinajstić information content (AvgIpc) is 2.88. The van der Waals surface area contributed by atoms with Crippen LogP contribution in [0.1, 0.15) is 18.1 Å². The molecule has 2 amide bonds. The molecule has 0 aliphatic heterocycles. The maximum absolute atomic E-state index is 13.7. The highest BCUT2D eigenvalue weighted by molar-refractivity contribution is 7.92. The summed E-state index contributed by atoms with van der Waals surface area (Å²) in [5, 5.41) is 2.58. The lowest BCUT2D eigenvalue weighted by molar-refractivity contribution is -0.138. The number of aryl methyl sites for hydroxylation is 1. The van der Waals surface area contributed by atoms with E-state index in [2.05, 4.69) is 5.32 Å². The van der Waals surface area contributed by atoms with Gasteiger partial charge in [-0.05, 0) is 49.6 Å². The lowest BCUT2D eigenvalue weighted by Gasteiger charge is -2.32. The van der Waals surface area contributed by atoms with Gasteiger partial charge < -0.3 is 10.2 Å². The van der Waals surface area contributed by atoms with Gasteiger partial charge in [-0.2, -0.15) is 0 Å². The number of amides is 2. The molecule has 35 heavy (non-hydrogen) atoms. The molecule has 0 saturated carbocycles. The van der Waals surface area contributed by atoms with Crippen LogP contribution in [0.2, 0.25) is 0 Å². The number of para-hydroxylation sites is 1. The zero-order valence-corrected chi connectivity index (χ0v) is 21.0. The van der Waals surface area contributed by atoms with E-state index in [1.165, 1.54) is 24.1 Å². The molecule has 184 valence electrons. The first kappa shape index (κ1) is 26.0. The molecule has 0 heterocycles. The lowest BCUT2D eigenvalue weighted by atomic mass is 10.1. The van der Waals surface area contributed by atoms with Gasteiger partial charge in [0.15, 0.2) is 0 Å². The van der Waals surface area contributed by atoms with Crippen LogP contribution < -0.4 is 9.62 Å². The topological polar surface area (TPSA) is 86.8 Å². The van der Waals surface area contributed by atoms with Gasteiger partial charge in [0.1, 0.15) is 12.6 Å². The molecule has 1 unspecified atom stereocenters. The second-order valence-corrected chi connectivity index (χ2v) is 10.1. The van der Waals surface area contributed by atoms with Gasteiger partial charge in [0.2, 0.25) is 11.8 Å². The molecule has 1 atom stereocenters. The molecule has 3 aromatic carbocycles. The smallest absolute Gasteiger partial charge is 0.264 e. The van der Waals surface area contributed by atoms with E-state index in [9.17, 15) is 18.0 Å². The highest BCUT2D eigenvalue weighted by Gasteiger charge is 2.32. The van der Waals surface area contributed by atoms with Gasteiger partial charge in [0.05, 0.1) is 10.6 Å². The first-order chi connectivity index (χ1) is 16.8. The van der Waals surface area contributed by atoms with E-state index >= 15 is 0 Å². The Hall–Kier alpha value is -3.65. The summed E-state index contributed by atoms with van der Waals surface area (Å²) in [4.78, 5) is 27.6. The summed E-state index contributed by atoms with van der Waals surface area (Å²) in [6.07, 6.45) is 0.531. The van der Waals surface area contributed by atoms with Crippen molar-refractivity contribution in [1.82, 2.24) is 10.2 Å². The number of carbonyl (C=O) groups excluding carboxylic acids is 2. The maximum Gasteiger partial charge on any atom is 0.264 e. The Bertz CT molecular complexity index is 1250. The fraction of sp³-hybridized carbons (Fsp3) is 0.259. The van der Waals surface area contributed by atoms with Crippen LogP contribution in [-0.2, 0) is 26.0 Å². The zero-order valence-electron chi connectivity index (χ0n) is 20.2. The molecule has 0 aromatic heterocycles. The molecule has 1 N–H and O–H groups in total. The molecule has 0 bridgehead atoms. The van der Waals surface area contributed by atoms with Crippen LogP contribution in [0.4, 0.5) is 5.69 Å². The third-order valence-corrected chi connectivity index (χ3v) is 7.67.